The number of esters is 1. The van der Waals surface area contributed by atoms with E-state index in [4.69, 9.17) is 4.74 Å². The molecule has 0 aliphatic carbocycles. The van der Waals surface area contributed by atoms with Gasteiger partial charge in [-0.3, -0.25) is 4.90 Å². The van der Waals surface area contributed by atoms with E-state index in [0.717, 1.165) is 16.7 Å². The Morgan fingerprint density at radius 3 is 2.12 bits per heavy atom. The summed E-state index contributed by atoms with van der Waals surface area (Å²) in [5.74, 6) is -0.478. The molecule has 2 aromatic carbocycles. The van der Waals surface area contributed by atoms with Crippen molar-refractivity contribution >= 4 is 12.1 Å². The lowest BCUT2D eigenvalue weighted by atomic mass is 9.80. The van der Waals surface area contributed by atoms with Crippen molar-refractivity contribution in [3.05, 3.63) is 60.2 Å². The Labute approximate surface area is 153 Å². The highest BCUT2D eigenvalue weighted by Gasteiger charge is 2.53. The summed E-state index contributed by atoms with van der Waals surface area (Å²) in [6, 6.07) is 16.9. The zero-order valence-electron chi connectivity index (χ0n) is 15.2. The molecule has 26 heavy (non-hydrogen) atoms. The smallest absolute Gasteiger partial charge is 0.408 e. The van der Waals surface area contributed by atoms with Gasteiger partial charge < -0.3 is 9.84 Å². The second-order valence-electron chi connectivity index (χ2n) is 7.64. The van der Waals surface area contributed by atoms with Gasteiger partial charge in [0, 0.05) is 5.41 Å². The van der Waals surface area contributed by atoms with Gasteiger partial charge in [-0.25, -0.2) is 9.59 Å². The number of cyclic esters (lactones) is 1. The largest absolute Gasteiger partial charge is 0.465 e. The molecule has 1 heterocycles. The van der Waals surface area contributed by atoms with E-state index in [0.29, 0.717) is 0 Å². The summed E-state index contributed by atoms with van der Waals surface area (Å²) < 4.78 is 5.22. The maximum absolute atomic E-state index is 11.9. The first kappa shape index (κ1) is 18.0. The molecule has 0 aromatic heterocycles. The van der Waals surface area contributed by atoms with Crippen molar-refractivity contribution in [3.63, 3.8) is 0 Å². The third kappa shape index (κ3) is 3.57. The molecule has 0 saturated carbocycles. The van der Waals surface area contributed by atoms with Crippen LogP contribution in [0.2, 0.25) is 0 Å². The van der Waals surface area contributed by atoms with E-state index < -0.39 is 24.2 Å². The van der Waals surface area contributed by atoms with Crippen LogP contribution >= 0.6 is 0 Å². The number of benzene rings is 2. The molecule has 5 heteroatoms. The van der Waals surface area contributed by atoms with Gasteiger partial charge in [-0.05, 0) is 16.7 Å². The Balaban J connectivity index is 1.79. The van der Waals surface area contributed by atoms with Gasteiger partial charge in [-0.2, -0.15) is 0 Å². The summed E-state index contributed by atoms with van der Waals surface area (Å²) in [5, 5.41) is 9.62. The number of hydrogen-bond acceptors (Lipinski definition) is 3. The van der Waals surface area contributed by atoms with Crippen LogP contribution in [0.3, 0.4) is 0 Å². The highest BCUT2D eigenvalue weighted by atomic mass is 16.6. The molecule has 1 N–H and O–H groups in total. The number of ether oxygens (including phenoxy) is 1. The van der Waals surface area contributed by atoms with Crippen LogP contribution in [0.15, 0.2) is 54.6 Å². The summed E-state index contributed by atoms with van der Waals surface area (Å²) in [4.78, 5) is 24.9. The molecule has 3 rings (SSSR count). The molecule has 1 amide bonds. The molecule has 136 valence electrons. The molecule has 1 saturated heterocycles. The Bertz CT molecular complexity index is 793. The van der Waals surface area contributed by atoms with Gasteiger partial charge in [0.25, 0.3) is 0 Å². The molecule has 1 aliphatic heterocycles. The van der Waals surface area contributed by atoms with E-state index in [1.54, 1.807) is 0 Å². The minimum absolute atomic E-state index is 0.150. The third-order valence-electron chi connectivity index (χ3n) is 4.62. The van der Waals surface area contributed by atoms with E-state index in [9.17, 15) is 14.7 Å². The molecule has 2 atom stereocenters. The molecule has 5 nitrogen and oxygen atoms in total. The van der Waals surface area contributed by atoms with Crippen LogP contribution in [0.5, 0.6) is 0 Å². The lowest BCUT2D eigenvalue weighted by Gasteiger charge is -2.46. The maximum atomic E-state index is 11.9. The van der Waals surface area contributed by atoms with Gasteiger partial charge in [-0.1, -0.05) is 75.4 Å². The number of carbonyl (C=O) groups is 2. The van der Waals surface area contributed by atoms with Crippen molar-refractivity contribution < 1.29 is 19.4 Å². The maximum Gasteiger partial charge on any atom is 0.408 e. The van der Waals surface area contributed by atoms with E-state index in [1.807, 2.05) is 75.4 Å². The lowest BCUT2D eigenvalue weighted by molar-refractivity contribution is -0.200. The van der Waals surface area contributed by atoms with Crippen molar-refractivity contribution in [1.82, 2.24) is 4.90 Å². The first-order valence-corrected chi connectivity index (χ1v) is 8.62. The van der Waals surface area contributed by atoms with Crippen LogP contribution in [0.25, 0.3) is 11.1 Å². The SMILES string of the molecule is CC(C)(C)[C@@H]1OC(=O)[C@@H]1N(Cc1ccc(-c2ccccc2)cc1)C(=O)O. The number of carboxylic acid groups (broad SMARTS) is 1. The molecule has 0 spiro atoms. The summed E-state index contributed by atoms with van der Waals surface area (Å²) in [7, 11) is 0. The van der Waals surface area contributed by atoms with E-state index >= 15 is 0 Å². The standard InChI is InChI=1S/C21H23NO4/c1-21(2,3)18-17(19(23)26-18)22(20(24)25)13-14-9-11-16(12-10-14)15-7-5-4-6-8-15/h4-12,17-18H,13H2,1-3H3,(H,24,25)/t17-,18-/m1/s1. The second-order valence-corrected chi connectivity index (χ2v) is 7.64. The average Bonchev–Trinajstić information content (AvgIpc) is 2.59. The van der Waals surface area contributed by atoms with Crippen LogP contribution < -0.4 is 0 Å². The Morgan fingerprint density at radius 2 is 1.62 bits per heavy atom. The molecule has 1 fully saturated rings. The van der Waals surface area contributed by atoms with Crippen LogP contribution in [0.4, 0.5) is 4.79 Å². The van der Waals surface area contributed by atoms with Gasteiger partial charge in [0.2, 0.25) is 0 Å². The normalized spacial score (nSPS) is 19.4. The fourth-order valence-corrected chi connectivity index (χ4v) is 3.17. The van der Waals surface area contributed by atoms with Crippen LogP contribution in [0.1, 0.15) is 26.3 Å². The van der Waals surface area contributed by atoms with E-state index in [2.05, 4.69) is 0 Å². The van der Waals surface area contributed by atoms with Gasteiger partial charge >= 0.3 is 12.1 Å². The number of carbonyl (C=O) groups excluding carboxylic acids is 1. The predicted octanol–water partition coefficient (Wildman–Crippen LogP) is 4.17. The number of rotatable bonds is 4. The van der Waals surface area contributed by atoms with Crippen molar-refractivity contribution in [3.8, 4) is 11.1 Å². The van der Waals surface area contributed by atoms with Gasteiger partial charge in [0.1, 0.15) is 6.10 Å². The monoisotopic (exact) mass is 353 g/mol. The van der Waals surface area contributed by atoms with Crippen LogP contribution in [-0.2, 0) is 16.1 Å². The van der Waals surface area contributed by atoms with Gasteiger partial charge in [0.05, 0.1) is 6.54 Å². The fraction of sp³-hybridized carbons (Fsp3) is 0.333. The summed E-state index contributed by atoms with van der Waals surface area (Å²) in [5.41, 5.74) is 2.68. The summed E-state index contributed by atoms with van der Waals surface area (Å²) in [6.07, 6.45) is -1.55. The number of nitrogens with zero attached hydrogens (tertiary/aromatic N) is 1. The molecule has 0 unspecified atom stereocenters. The zero-order chi connectivity index (χ0) is 18.9. The topological polar surface area (TPSA) is 66.8 Å². The highest BCUT2D eigenvalue weighted by Crippen LogP contribution is 2.36. The number of amides is 1. The minimum Gasteiger partial charge on any atom is -0.465 e. The predicted molar refractivity (Wildman–Crippen MR) is 98.6 cm³/mol. The molecular formula is C21H23NO4. The second kappa shape index (κ2) is 6.83. The quantitative estimate of drug-likeness (QED) is 0.838. The molecule has 2 aromatic rings. The van der Waals surface area contributed by atoms with Crippen molar-refractivity contribution in [2.24, 2.45) is 5.41 Å². The Hall–Kier alpha value is -2.82. The Morgan fingerprint density at radius 1 is 1.04 bits per heavy atom. The van der Waals surface area contributed by atoms with Crippen molar-refractivity contribution in [2.45, 2.75) is 39.5 Å². The molecule has 0 bridgehead atoms. The first-order chi connectivity index (χ1) is 12.3. The van der Waals surface area contributed by atoms with Crippen molar-refractivity contribution in [1.29, 1.82) is 0 Å². The van der Waals surface area contributed by atoms with Gasteiger partial charge in [-0.15, -0.1) is 0 Å². The van der Waals surface area contributed by atoms with E-state index in [1.165, 1.54) is 4.90 Å². The van der Waals surface area contributed by atoms with Crippen molar-refractivity contribution in [2.75, 3.05) is 0 Å². The Kier molecular flexibility index (Phi) is 4.72. The molecular weight excluding hydrogens is 330 g/mol. The number of hydrogen-bond donors (Lipinski definition) is 1. The fourth-order valence-electron chi connectivity index (χ4n) is 3.17. The van der Waals surface area contributed by atoms with Crippen LogP contribution in [0, 0.1) is 5.41 Å². The summed E-state index contributed by atoms with van der Waals surface area (Å²) >= 11 is 0. The van der Waals surface area contributed by atoms with E-state index in [-0.39, 0.29) is 12.0 Å². The molecule has 0 radical (unpaired) electrons. The first-order valence-electron chi connectivity index (χ1n) is 8.62. The lowest BCUT2D eigenvalue weighted by Crippen LogP contribution is -2.65. The summed E-state index contributed by atoms with van der Waals surface area (Å²) in [6.45, 7) is 5.96. The average molecular weight is 353 g/mol. The molecule has 1 aliphatic rings. The van der Waals surface area contributed by atoms with Gasteiger partial charge in [0.15, 0.2) is 6.04 Å². The highest BCUT2D eigenvalue weighted by molar-refractivity contribution is 5.86. The zero-order valence-corrected chi connectivity index (χ0v) is 15.2. The minimum atomic E-state index is -1.12. The van der Waals surface area contributed by atoms with Crippen LogP contribution in [-0.4, -0.2) is 34.2 Å². The third-order valence-corrected chi connectivity index (χ3v) is 4.62.